The van der Waals surface area contributed by atoms with Crippen molar-refractivity contribution in [3.63, 3.8) is 0 Å². The third-order valence-electron chi connectivity index (χ3n) is 6.32. The number of pyridine rings is 1. The molecule has 1 aliphatic heterocycles. The Kier molecular flexibility index (Phi) is 7.76. The lowest BCUT2D eigenvalue weighted by Gasteiger charge is -2.28. The van der Waals surface area contributed by atoms with E-state index in [4.69, 9.17) is 4.74 Å². The molecule has 3 heterocycles. The fourth-order valence-electron chi connectivity index (χ4n) is 4.67. The first kappa shape index (κ1) is 27.6. The highest BCUT2D eigenvalue weighted by molar-refractivity contribution is 7.92. The summed E-state index contributed by atoms with van der Waals surface area (Å²) in [6, 6.07) is 15.0. The predicted octanol–water partition coefficient (Wildman–Crippen LogP) is 5.20. The van der Waals surface area contributed by atoms with E-state index in [0.717, 1.165) is 19.5 Å². The summed E-state index contributed by atoms with van der Waals surface area (Å²) in [5, 5.41) is 7.62. The number of benzene rings is 2. The number of anilines is 2. The molecular weight excluding hydrogens is 545 g/mol. The highest BCUT2D eigenvalue weighted by Crippen LogP contribution is 2.37. The van der Waals surface area contributed by atoms with Crippen LogP contribution in [-0.4, -0.2) is 54.4 Å². The smallest absolute Gasteiger partial charge is 0.404 e. The van der Waals surface area contributed by atoms with Gasteiger partial charge in [-0.1, -0.05) is 31.2 Å². The first-order chi connectivity index (χ1) is 19.1. The number of aromatic nitrogens is 3. The van der Waals surface area contributed by atoms with Gasteiger partial charge in [-0.15, -0.1) is 0 Å². The molecule has 1 aliphatic rings. The SMILES string of the molecule is C[C@H]1CNC[C@@H](Nc2nccc(-c3cccnc3Oc3ccc(NS(=O)(=O)CC(F)(F)F)c4ccccc34)n2)C1. The first-order valence-corrected chi connectivity index (χ1v) is 14.2. The Morgan fingerprint density at radius 3 is 2.58 bits per heavy atom. The third-order valence-corrected chi connectivity index (χ3v) is 7.55. The molecule has 1 fully saturated rings. The van der Waals surface area contributed by atoms with E-state index >= 15 is 0 Å². The summed E-state index contributed by atoms with van der Waals surface area (Å²) in [7, 11) is -4.67. The van der Waals surface area contributed by atoms with Gasteiger partial charge in [-0.25, -0.2) is 23.4 Å². The number of nitrogens with zero attached hydrogens (tertiary/aromatic N) is 3. The van der Waals surface area contributed by atoms with E-state index in [1.165, 1.54) is 12.1 Å². The summed E-state index contributed by atoms with van der Waals surface area (Å²) in [4.78, 5) is 13.4. The van der Waals surface area contributed by atoms with Gasteiger partial charge in [0.2, 0.25) is 21.9 Å². The minimum atomic E-state index is -4.87. The molecule has 0 amide bonds. The molecule has 0 bridgehead atoms. The number of nitrogens with one attached hydrogen (secondary N) is 3. The molecule has 2 aromatic carbocycles. The molecule has 2 aromatic heterocycles. The van der Waals surface area contributed by atoms with E-state index in [1.807, 2.05) is 4.72 Å². The summed E-state index contributed by atoms with van der Waals surface area (Å²) in [5.41, 5.74) is 1.19. The quantitative estimate of drug-likeness (QED) is 0.264. The van der Waals surface area contributed by atoms with Crippen LogP contribution in [0.3, 0.4) is 0 Å². The molecule has 40 heavy (non-hydrogen) atoms. The van der Waals surface area contributed by atoms with Gasteiger partial charge in [-0.3, -0.25) is 4.72 Å². The van der Waals surface area contributed by atoms with Crippen LogP contribution in [0.25, 0.3) is 22.0 Å². The van der Waals surface area contributed by atoms with Gasteiger partial charge in [0.1, 0.15) is 5.75 Å². The number of alkyl halides is 3. The fourth-order valence-corrected chi connectivity index (χ4v) is 5.68. The third kappa shape index (κ3) is 6.77. The topological polar surface area (TPSA) is 118 Å². The van der Waals surface area contributed by atoms with Crippen molar-refractivity contribution in [3.05, 3.63) is 67.0 Å². The Morgan fingerprint density at radius 1 is 1.00 bits per heavy atom. The largest absolute Gasteiger partial charge is 0.438 e. The Bertz CT molecular complexity index is 1620. The van der Waals surface area contributed by atoms with Crippen molar-refractivity contribution in [2.24, 2.45) is 5.92 Å². The Hall–Kier alpha value is -3.97. The Morgan fingerprint density at radius 2 is 1.80 bits per heavy atom. The average molecular weight is 573 g/mol. The molecule has 1 saturated heterocycles. The standard InChI is InChI=1S/C27H27F3N6O3S/c1-17-13-18(15-31-14-17)34-26-33-12-10-22(35-26)21-7-4-11-32-25(21)39-24-9-8-23(19-5-2-3-6-20(19)24)36-40(37,38)16-27(28,29)30/h2-12,17-18,31,36H,13-16H2,1H3,(H,33,34,35)/t17-,18+/m1/s1. The van der Waals surface area contributed by atoms with Crippen LogP contribution in [0.4, 0.5) is 24.8 Å². The van der Waals surface area contributed by atoms with Crippen molar-refractivity contribution < 1.29 is 26.3 Å². The number of rotatable bonds is 8. The molecular formula is C27H27F3N6O3S. The molecule has 5 rings (SSSR count). The second-order valence-electron chi connectivity index (χ2n) is 9.70. The zero-order valence-corrected chi connectivity index (χ0v) is 22.3. The Balaban J connectivity index is 1.43. The van der Waals surface area contributed by atoms with Crippen molar-refractivity contribution >= 4 is 32.4 Å². The van der Waals surface area contributed by atoms with E-state index in [1.54, 1.807) is 54.9 Å². The van der Waals surface area contributed by atoms with E-state index in [2.05, 4.69) is 32.5 Å². The first-order valence-electron chi connectivity index (χ1n) is 12.6. The lowest BCUT2D eigenvalue weighted by Crippen LogP contribution is -2.42. The van der Waals surface area contributed by atoms with Crippen molar-refractivity contribution in [1.82, 2.24) is 20.3 Å². The molecule has 9 nitrogen and oxygen atoms in total. The highest BCUT2D eigenvalue weighted by atomic mass is 32.2. The van der Waals surface area contributed by atoms with Crippen molar-refractivity contribution in [3.8, 4) is 22.9 Å². The summed E-state index contributed by atoms with van der Waals surface area (Å²) in [6.45, 7) is 3.98. The van der Waals surface area contributed by atoms with Crippen molar-refractivity contribution in [2.45, 2.75) is 25.6 Å². The normalized spacial score (nSPS) is 17.9. The summed E-state index contributed by atoms with van der Waals surface area (Å²) in [6.07, 6.45) is -0.659. The lowest BCUT2D eigenvalue weighted by molar-refractivity contribution is -0.106. The minimum Gasteiger partial charge on any atom is -0.438 e. The number of halogens is 3. The van der Waals surface area contributed by atoms with Crippen LogP contribution in [0.5, 0.6) is 11.6 Å². The predicted molar refractivity (Wildman–Crippen MR) is 147 cm³/mol. The van der Waals surface area contributed by atoms with Gasteiger partial charge in [0.05, 0.1) is 16.9 Å². The zero-order chi connectivity index (χ0) is 28.3. The van der Waals surface area contributed by atoms with E-state index in [9.17, 15) is 21.6 Å². The van der Waals surface area contributed by atoms with Gasteiger partial charge in [0.15, 0.2) is 5.75 Å². The number of sulfonamides is 1. The number of fused-ring (bicyclic) bond motifs is 1. The van der Waals surface area contributed by atoms with Crippen LogP contribution in [0.1, 0.15) is 13.3 Å². The second-order valence-corrected chi connectivity index (χ2v) is 11.4. The molecule has 0 spiro atoms. The van der Waals surface area contributed by atoms with Crippen LogP contribution in [0.2, 0.25) is 0 Å². The Labute approximate surface area is 229 Å². The maximum atomic E-state index is 12.7. The number of piperidine rings is 1. The molecule has 0 saturated carbocycles. The maximum Gasteiger partial charge on any atom is 0.404 e. The lowest BCUT2D eigenvalue weighted by atomic mass is 9.98. The van der Waals surface area contributed by atoms with E-state index in [-0.39, 0.29) is 17.6 Å². The maximum absolute atomic E-state index is 12.7. The second kappa shape index (κ2) is 11.3. The molecule has 210 valence electrons. The molecule has 0 unspecified atom stereocenters. The average Bonchev–Trinajstić information content (AvgIpc) is 2.89. The van der Waals surface area contributed by atoms with Gasteiger partial charge in [-0.05, 0) is 49.2 Å². The van der Waals surface area contributed by atoms with E-state index < -0.39 is 22.0 Å². The minimum absolute atomic E-state index is 0.00600. The van der Waals surface area contributed by atoms with Gasteiger partial charge in [0, 0.05) is 35.8 Å². The van der Waals surface area contributed by atoms with Gasteiger partial charge < -0.3 is 15.4 Å². The molecule has 3 N–H and O–H groups in total. The number of hydrogen-bond acceptors (Lipinski definition) is 8. The van der Waals surface area contributed by atoms with Crippen LogP contribution in [0, 0.1) is 5.92 Å². The van der Waals surface area contributed by atoms with E-state index in [0.29, 0.717) is 39.6 Å². The monoisotopic (exact) mass is 572 g/mol. The number of hydrogen-bond donors (Lipinski definition) is 3. The summed E-state index contributed by atoms with van der Waals surface area (Å²) in [5.74, 6) is -0.390. The molecule has 0 radical (unpaired) electrons. The molecule has 13 heteroatoms. The van der Waals surface area contributed by atoms with Crippen LogP contribution in [0.15, 0.2) is 67.0 Å². The van der Waals surface area contributed by atoms with Gasteiger partial charge in [0.25, 0.3) is 0 Å². The van der Waals surface area contributed by atoms with Gasteiger partial charge >= 0.3 is 6.18 Å². The fraction of sp³-hybridized carbons (Fsp3) is 0.296. The summed E-state index contributed by atoms with van der Waals surface area (Å²) >= 11 is 0. The number of ether oxygens (including phenoxy) is 1. The highest BCUT2D eigenvalue weighted by Gasteiger charge is 2.35. The molecule has 0 aliphatic carbocycles. The van der Waals surface area contributed by atoms with Crippen molar-refractivity contribution in [1.29, 1.82) is 0 Å². The molecule has 2 atom stereocenters. The summed E-state index contributed by atoms with van der Waals surface area (Å²) < 4.78 is 70.7. The zero-order valence-electron chi connectivity index (χ0n) is 21.4. The van der Waals surface area contributed by atoms with Gasteiger partial charge in [-0.2, -0.15) is 13.2 Å². The van der Waals surface area contributed by atoms with Crippen LogP contribution in [-0.2, 0) is 10.0 Å². The molecule has 4 aromatic rings. The van der Waals surface area contributed by atoms with Crippen molar-refractivity contribution in [2.75, 3.05) is 28.9 Å². The van der Waals surface area contributed by atoms with Crippen LogP contribution >= 0.6 is 0 Å². The van der Waals surface area contributed by atoms with Crippen LogP contribution < -0.4 is 20.1 Å².